The zero-order valence-corrected chi connectivity index (χ0v) is 22.1. The number of halogens is 4. The van der Waals surface area contributed by atoms with Gasteiger partial charge in [0.15, 0.2) is 11.6 Å². The molecule has 1 aromatic heterocycles. The van der Waals surface area contributed by atoms with E-state index in [0.29, 0.717) is 24.3 Å². The smallest absolute Gasteiger partial charge is 0.410 e. The van der Waals surface area contributed by atoms with Crippen molar-refractivity contribution < 1.29 is 18.3 Å². The zero-order chi connectivity index (χ0) is 24.2. The summed E-state index contributed by atoms with van der Waals surface area (Å²) in [5, 5.41) is 3.38. The molecular formula is C27H32Cl2F2N4O2. The average Bonchev–Trinajstić information content (AvgIpc) is 3.53. The van der Waals surface area contributed by atoms with Crippen LogP contribution in [0.1, 0.15) is 43.0 Å². The largest absolute Gasteiger partial charge is 0.445 e. The molecule has 200 valence electrons. The highest BCUT2D eigenvalue weighted by atomic mass is 35.5. The number of hydrogen-bond donors (Lipinski definition) is 1. The van der Waals surface area contributed by atoms with Crippen molar-refractivity contribution in [1.29, 1.82) is 0 Å². The maximum atomic E-state index is 13.9. The first-order valence-electron chi connectivity index (χ1n) is 12.3. The minimum atomic E-state index is -0.886. The summed E-state index contributed by atoms with van der Waals surface area (Å²) < 4.78 is 35.1. The molecule has 2 aromatic carbocycles. The van der Waals surface area contributed by atoms with Crippen LogP contribution in [0.15, 0.2) is 54.7 Å². The van der Waals surface area contributed by atoms with Crippen LogP contribution in [0.5, 0.6) is 0 Å². The molecule has 1 N–H and O–H groups in total. The van der Waals surface area contributed by atoms with Gasteiger partial charge in [-0.2, -0.15) is 0 Å². The molecule has 2 fully saturated rings. The van der Waals surface area contributed by atoms with Gasteiger partial charge in [-0.25, -0.2) is 18.6 Å². The molecule has 1 unspecified atom stereocenters. The fraction of sp³-hybridized carbons (Fsp3) is 0.407. The molecule has 0 radical (unpaired) electrons. The van der Waals surface area contributed by atoms with Gasteiger partial charge in [-0.3, -0.25) is 0 Å². The van der Waals surface area contributed by atoms with Crippen molar-refractivity contribution in [1.82, 2.24) is 19.8 Å². The van der Waals surface area contributed by atoms with E-state index in [4.69, 9.17) is 9.72 Å². The van der Waals surface area contributed by atoms with Gasteiger partial charge in [-0.05, 0) is 62.5 Å². The molecule has 2 saturated heterocycles. The standard InChI is InChI=1S/C27H30F2N4O2.2ClH/c28-23-9-8-21(15-24(23)29)25-17-32(26(31-25)20-10-12-30-13-11-20)16-22-7-4-14-33(22)27(34)35-18-19-5-2-1-3-6-19;;/h1-3,5-6,8-9,15,17,20,22,30H,4,7,10-14,16,18H2;2*1H. The molecule has 37 heavy (non-hydrogen) atoms. The van der Waals surface area contributed by atoms with E-state index < -0.39 is 11.6 Å². The molecule has 0 spiro atoms. The molecule has 5 rings (SSSR count). The second-order valence-corrected chi connectivity index (χ2v) is 9.32. The minimum absolute atomic E-state index is 0. The van der Waals surface area contributed by atoms with E-state index in [-0.39, 0.29) is 49.5 Å². The van der Waals surface area contributed by atoms with Crippen molar-refractivity contribution >= 4 is 30.9 Å². The third kappa shape index (κ3) is 6.80. The summed E-state index contributed by atoms with van der Waals surface area (Å²) in [5.41, 5.74) is 2.12. The van der Waals surface area contributed by atoms with Crippen molar-refractivity contribution in [3.63, 3.8) is 0 Å². The Hall–Kier alpha value is -2.68. The van der Waals surface area contributed by atoms with Crippen molar-refractivity contribution in [3.05, 3.63) is 77.8 Å². The Morgan fingerprint density at radius 2 is 1.78 bits per heavy atom. The van der Waals surface area contributed by atoms with Gasteiger partial charge in [-0.15, -0.1) is 24.8 Å². The van der Waals surface area contributed by atoms with E-state index >= 15 is 0 Å². The van der Waals surface area contributed by atoms with Gasteiger partial charge in [0.2, 0.25) is 0 Å². The van der Waals surface area contributed by atoms with Crippen LogP contribution < -0.4 is 5.32 Å². The molecule has 6 nitrogen and oxygen atoms in total. The molecule has 0 bridgehead atoms. The highest BCUT2D eigenvalue weighted by molar-refractivity contribution is 5.85. The Bertz CT molecular complexity index is 1170. The summed E-state index contributed by atoms with van der Waals surface area (Å²) in [6.45, 7) is 3.33. The third-order valence-corrected chi connectivity index (χ3v) is 6.95. The van der Waals surface area contributed by atoms with Crippen LogP contribution in [0.25, 0.3) is 11.3 Å². The fourth-order valence-electron chi connectivity index (χ4n) is 5.07. The molecule has 1 amide bonds. The van der Waals surface area contributed by atoms with Crippen LogP contribution in [0.2, 0.25) is 0 Å². The fourth-order valence-corrected chi connectivity index (χ4v) is 5.07. The number of imidazole rings is 1. The van der Waals surface area contributed by atoms with E-state index in [2.05, 4.69) is 9.88 Å². The Morgan fingerprint density at radius 3 is 2.51 bits per heavy atom. The van der Waals surface area contributed by atoms with Crippen LogP contribution in [0, 0.1) is 11.6 Å². The molecule has 0 aliphatic carbocycles. The number of nitrogens with one attached hydrogen (secondary N) is 1. The lowest BCUT2D eigenvalue weighted by atomic mass is 9.97. The summed E-state index contributed by atoms with van der Waals surface area (Å²) in [6, 6.07) is 13.5. The van der Waals surface area contributed by atoms with E-state index in [1.54, 1.807) is 6.07 Å². The van der Waals surface area contributed by atoms with E-state index in [9.17, 15) is 13.6 Å². The lowest BCUT2D eigenvalue weighted by Gasteiger charge is -2.27. The highest BCUT2D eigenvalue weighted by Gasteiger charge is 2.32. The first-order valence-corrected chi connectivity index (χ1v) is 12.3. The number of ether oxygens (including phenoxy) is 1. The SMILES string of the molecule is Cl.Cl.O=C(OCc1ccccc1)N1CCCC1Cn1cc(-c2ccc(F)c(F)c2)nc1C1CCNCC1. The van der Waals surface area contributed by atoms with Crippen LogP contribution in [-0.2, 0) is 17.9 Å². The van der Waals surface area contributed by atoms with Gasteiger partial charge in [0.25, 0.3) is 0 Å². The van der Waals surface area contributed by atoms with Gasteiger partial charge in [0.05, 0.1) is 11.7 Å². The molecule has 1 atom stereocenters. The number of benzene rings is 2. The van der Waals surface area contributed by atoms with E-state index in [1.165, 1.54) is 6.07 Å². The summed E-state index contributed by atoms with van der Waals surface area (Å²) in [4.78, 5) is 19.6. The summed E-state index contributed by atoms with van der Waals surface area (Å²) in [6.07, 6.45) is 5.32. The van der Waals surface area contributed by atoms with Gasteiger partial charge in [-0.1, -0.05) is 30.3 Å². The second kappa shape index (κ2) is 13.2. The summed E-state index contributed by atoms with van der Waals surface area (Å²) >= 11 is 0. The lowest BCUT2D eigenvalue weighted by molar-refractivity contribution is 0.0893. The third-order valence-electron chi connectivity index (χ3n) is 6.95. The monoisotopic (exact) mass is 552 g/mol. The van der Waals surface area contributed by atoms with Gasteiger partial charge in [0, 0.05) is 30.8 Å². The Balaban J connectivity index is 0.00000190. The zero-order valence-electron chi connectivity index (χ0n) is 20.4. The maximum absolute atomic E-state index is 13.9. The molecule has 10 heteroatoms. The Kier molecular flexibility index (Phi) is 10.3. The number of carbonyl (C=O) groups excluding carboxylic acids is 1. The van der Waals surface area contributed by atoms with Crippen LogP contribution in [0.3, 0.4) is 0 Å². The topological polar surface area (TPSA) is 59.4 Å². The quantitative estimate of drug-likeness (QED) is 0.411. The predicted octanol–water partition coefficient (Wildman–Crippen LogP) is 5.94. The maximum Gasteiger partial charge on any atom is 0.410 e. The summed E-state index contributed by atoms with van der Waals surface area (Å²) in [5.74, 6) is -0.545. The number of nitrogens with zero attached hydrogens (tertiary/aromatic N) is 3. The van der Waals surface area contributed by atoms with Crippen LogP contribution >= 0.6 is 24.8 Å². The van der Waals surface area contributed by atoms with Crippen molar-refractivity contribution in [2.45, 2.75) is 50.8 Å². The van der Waals surface area contributed by atoms with Crippen LogP contribution in [0.4, 0.5) is 13.6 Å². The molecule has 3 aromatic rings. The molecule has 0 saturated carbocycles. The number of carbonyl (C=O) groups is 1. The molecule has 2 aliphatic heterocycles. The van der Waals surface area contributed by atoms with Gasteiger partial charge in [0.1, 0.15) is 12.4 Å². The Morgan fingerprint density at radius 1 is 1.03 bits per heavy atom. The number of aromatic nitrogens is 2. The first-order chi connectivity index (χ1) is 17.1. The first kappa shape index (κ1) is 28.9. The minimum Gasteiger partial charge on any atom is -0.445 e. The predicted molar refractivity (Wildman–Crippen MR) is 143 cm³/mol. The number of rotatable bonds is 6. The second-order valence-electron chi connectivity index (χ2n) is 9.32. The molecular weight excluding hydrogens is 521 g/mol. The van der Waals surface area contributed by atoms with Crippen molar-refractivity contribution in [2.75, 3.05) is 19.6 Å². The van der Waals surface area contributed by atoms with Gasteiger partial charge < -0.3 is 19.5 Å². The average molecular weight is 553 g/mol. The number of amides is 1. The number of hydrogen-bond acceptors (Lipinski definition) is 4. The molecule has 3 heterocycles. The number of likely N-dealkylation sites (tertiary alicyclic amines) is 1. The Labute approximate surface area is 228 Å². The van der Waals surface area contributed by atoms with Gasteiger partial charge >= 0.3 is 6.09 Å². The van der Waals surface area contributed by atoms with Crippen molar-refractivity contribution in [2.24, 2.45) is 0 Å². The summed E-state index contributed by atoms with van der Waals surface area (Å²) in [7, 11) is 0. The van der Waals surface area contributed by atoms with Crippen molar-refractivity contribution in [3.8, 4) is 11.3 Å². The normalized spacial score (nSPS) is 17.7. The molecule has 2 aliphatic rings. The highest BCUT2D eigenvalue weighted by Crippen LogP contribution is 2.30. The van der Waals surface area contributed by atoms with Crippen LogP contribution in [-0.4, -0.2) is 46.2 Å². The van der Waals surface area contributed by atoms with E-state index in [1.807, 2.05) is 41.4 Å². The number of piperidine rings is 1. The van der Waals surface area contributed by atoms with E-state index in [0.717, 1.165) is 56.2 Å². The lowest BCUT2D eigenvalue weighted by Crippen LogP contribution is -2.39.